The minimum absolute atomic E-state index is 0. The van der Waals surface area contributed by atoms with Crippen LogP contribution in [0, 0.1) is 5.92 Å². The Labute approximate surface area is 176 Å². The lowest BCUT2D eigenvalue weighted by Crippen LogP contribution is -2.51. The minimum Gasteiger partial charge on any atom is -0.339 e. The standard InChI is InChI=1S/C21H33N3O.2ClH/c1-21(22,19-11-6-3-7-12-19)20(25)24-14-8-13-23(15-16-24)17-18-9-4-2-5-10-18;;/h3,6-7,11-12,18H,2,4-5,8-10,13-17,22H2,1H3;2*1H. The summed E-state index contributed by atoms with van der Waals surface area (Å²) in [5.41, 5.74) is 6.39. The number of carbonyl (C=O) groups is 1. The predicted octanol–water partition coefficient (Wildman–Crippen LogP) is 3.82. The van der Waals surface area contributed by atoms with Gasteiger partial charge in [0.2, 0.25) is 5.91 Å². The number of amides is 1. The van der Waals surface area contributed by atoms with E-state index >= 15 is 0 Å². The number of nitrogens with two attached hydrogens (primary N) is 1. The van der Waals surface area contributed by atoms with Gasteiger partial charge in [-0.15, -0.1) is 24.8 Å². The van der Waals surface area contributed by atoms with E-state index in [4.69, 9.17) is 5.73 Å². The number of hydrogen-bond donors (Lipinski definition) is 1. The molecule has 3 rings (SSSR count). The highest BCUT2D eigenvalue weighted by atomic mass is 35.5. The van der Waals surface area contributed by atoms with E-state index in [-0.39, 0.29) is 30.7 Å². The Morgan fingerprint density at radius 3 is 2.33 bits per heavy atom. The number of rotatable bonds is 4. The van der Waals surface area contributed by atoms with E-state index in [1.165, 1.54) is 38.6 Å². The van der Waals surface area contributed by atoms with Gasteiger partial charge in [0.1, 0.15) is 5.54 Å². The highest BCUT2D eigenvalue weighted by Gasteiger charge is 2.35. The van der Waals surface area contributed by atoms with E-state index in [2.05, 4.69) is 4.90 Å². The molecule has 0 spiro atoms. The van der Waals surface area contributed by atoms with Crippen LogP contribution in [-0.2, 0) is 10.3 Å². The first-order valence-electron chi connectivity index (χ1n) is 9.93. The van der Waals surface area contributed by atoms with E-state index < -0.39 is 5.54 Å². The van der Waals surface area contributed by atoms with Gasteiger partial charge in [0.25, 0.3) is 0 Å². The van der Waals surface area contributed by atoms with Gasteiger partial charge in [0.15, 0.2) is 0 Å². The third-order valence-corrected chi connectivity index (χ3v) is 5.93. The van der Waals surface area contributed by atoms with Crippen molar-refractivity contribution in [1.29, 1.82) is 0 Å². The molecule has 0 aromatic heterocycles. The van der Waals surface area contributed by atoms with E-state index in [0.29, 0.717) is 0 Å². The fraction of sp³-hybridized carbons (Fsp3) is 0.667. The Balaban J connectivity index is 0.00000182. The average Bonchev–Trinajstić information content (AvgIpc) is 2.88. The summed E-state index contributed by atoms with van der Waals surface area (Å²) >= 11 is 0. The van der Waals surface area contributed by atoms with Gasteiger partial charge in [-0.3, -0.25) is 4.79 Å². The van der Waals surface area contributed by atoms with Gasteiger partial charge in [-0.25, -0.2) is 0 Å². The molecule has 2 aliphatic rings. The Morgan fingerprint density at radius 2 is 1.67 bits per heavy atom. The molecule has 1 aromatic rings. The van der Waals surface area contributed by atoms with Crippen molar-refractivity contribution in [3.05, 3.63) is 35.9 Å². The van der Waals surface area contributed by atoms with Crippen LogP contribution in [0.5, 0.6) is 0 Å². The largest absolute Gasteiger partial charge is 0.339 e. The van der Waals surface area contributed by atoms with Gasteiger partial charge in [-0.1, -0.05) is 49.6 Å². The van der Waals surface area contributed by atoms with Crippen LogP contribution in [0.25, 0.3) is 0 Å². The number of carbonyl (C=O) groups excluding carboxylic acids is 1. The third-order valence-electron chi connectivity index (χ3n) is 5.93. The molecule has 1 aromatic carbocycles. The Kier molecular flexibility index (Phi) is 10.1. The lowest BCUT2D eigenvalue weighted by Gasteiger charge is -2.32. The van der Waals surface area contributed by atoms with Crippen molar-refractivity contribution >= 4 is 30.7 Å². The van der Waals surface area contributed by atoms with Crippen molar-refractivity contribution < 1.29 is 4.79 Å². The third kappa shape index (κ3) is 6.35. The van der Waals surface area contributed by atoms with E-state index in [1.54, 1.807) is 0 Å². The first kappa shape index (κ1) is 24.2. The zero-order valence-electron chi connectivity index (χ0n) is 16.4. The van der Waals surface area contributed by atoms with E-state index in [0.717, 1.165) is 44.1 Å². The quantitative estimate of drug-likeness (QED) is 0.812. The zero-order valence-corrected chi connectivity index (χ0v) is 18.1. The van der Waals surface area contributed by atoms with Gasteiger partial charge < -0.3 is 15.5 Å². The van der Waals surface area contributed by atoms with E-state index in [9.17, 15) is 4.79 Å². The van der Waals surface area contributed by atoms with Gasteiger partial charge in [-0.05, 0) is 44.2 Å². The second kappa shape index (κ2) is 11.3. The summed E-state index contributed by atoms with van der Waals surface area (Å²) in [6.07, 6.45) is 8.01. The van der Waals surface area contributed by atoms with Crippen molar-refractivity contribution in [3.8, 4) is 0 Å². The monoisotopic (exact) mass is 415 g/mol. The smallest absolute Gasteiger partial charge is 0.247 e. The summed E-state index contributed by atoms with van der Waals surface area (Å²) in [5, 5.41) is 0. The first-order valence-corrected chi connectivity index (χ1v) is 9.93. The second-order valence-corrected chi connectivity index (χ2v) is 8.02. The van der Waals surface area contributed by atoms with Crippen LogP contribution in [-0.4, -0.2) is 48.4 Å². The van der Waals surface area contributed by atoms with Crippen LogP contribution >= 0.6 is 24.8 Å². The molecule has 1 unspecified atom stereocenters. The van der Waals surface area contributed by atoms with E-state index in [1.807, 2.05) is 42.2 Å². The fourth-order valence-electron chi connectivity index (χ4n) is 4.33. The Hall–Kier alpha value is -0.810. The zero-order chi connectivity index (χ0) is 17.7. The molecule has 1 aliphatic carbocycles. The molecule has 2 N–H and O–H groups in total. The molecule has 0 radical (unpaired) electrons. The van der Waals surface area contributed by atoms with Gasteiger partial charge in [-0.2, -0.15) is 0 Å². The van der Waals surface area contributed by atoms with Crippen LogP contribution < -0.4 is 5.73 Å². The molecule has 0 bridgehead atoms. The van der Waals surface area contributed by atoms with Crippen molar-refractivity contribution in [2.24, 2.45) is 11.7 Å². The fourth-order valence-corrected chi connectivity index (χ4v) is 4.33. The molecule has 1 atom stereocenters. The first-order chi connectivity index (χ1) is 12.1. The van der Waals surface area contributed by atoms with Crippen LogP contribution in [0.3, 0.4) is 0 Å². The SMILES string of the molecule is CC(N)(C(=O)N1CCCN(CC2CCCCC2)CC1)c1ccccc1.Cl.Cl. The van der Waals surface area contributed by atoms with Gasteiger partial charge in [0, 0.05) is 26.2 Å². The molecule has 1 aliphatic heterocycles. The highest BCUT2D eigenvalue weighted by molar-refractivity contribution is 5.87. The molecular weight excluding hydrogens is 381 g/mol. The van der Waals surface area contributed by atoms with Crippen LogP contribution in [0.1, 0.15) is 51.0 Å². The molecule has 6 heteroatoms. The van der Waals surface area contributed by atoms with Crippen LogP contribution in [0.2, 0.25) is 0 Å². The summed E-state index contributed by atoms with van der Waals surface area (Å²) in [6, 6.07) is 9.75. The van der Waals surface area contributed by atoms with Crippen molar-refractivity contribution in [2.45, 2.75) is 51.0 Å². The maximum absolute atomic E-state index is 13.1. The maximum Gasteiger partial charge on any atom is 0.247 e. The Bertz CT molecular complexity index is 562. The lowest BCUT2D eigenvalue weighted by molar-refractivity contribution is -0.136. The summed E-state index contributed by atoms with van der Waals surface area (Å²) in [6.45, 7) is 6.75. The summed E-state index contributed by atoms with van der Waals surface area (Å²) in [5.74, 6) is 0.915. The van der Waals surface area contributed by atoms with Crippen LogP contribution in [0.4, 0.5) is 0 Å². The average molecular weight is 416 g/mol. The number of benzene rings is 1. The number of hydrogen-bond acceptors (Lipinski definition) is 3. The van der Waals surface area contributed by atoms with Gasteiger partial charge in [0.05, 0.1) is 0 Å². The molecule has 27 heavy (non-hydrogen) atoms. The molecule has 2 fully saturated rings. The molecular formula is C21H35Cl2N3O. The minimum atomic E-state index is -0.945. The van der Waals surface area contributed by atoms with Crippen molar-refractivity contribution in [3.63, 3.8) is 0 Å². The molecule has 1 saturated heterocycles. The second-order valence-electron chi connectivity index (χ2n) is 8.02. The highest BCUT2D eigenvalue weighted by Crippen LogP contribution is 2.25. The topological polar surface area (TPSA) is 49.6 Å². The summed E-state index contributed by atoms with van der Waals surface area (Å²) in [4.78, 5) is 17.6. The lowest BCUT2D eigenvalue weighted by atomic mass is 9.89. The maximum atomic E-state index is 13.1. The van der Waals surface area contributed by atoms with Gasteiger partial charge >= 0.3 is 0 Å². The Morgan fingerprint density at radius 1 is 1.00 bits per heavy atom. The normalized spacial score (nSPS) is 21.3. The molecule has 154 valence electrons. The number of nitrogens with zero attached hydrogens (tertiary/aromatic N) is 2. The molecule has 4 nitrogen and oxygen atoms in total. The molecule has 1 saturated carbocycles. The van der Waals surface area contributed by atoms with Crippen molar-refractivity contribution in [2.75, 3.05) is 32.7 Å². The summed E-state index contributed by atoms with van der Waals surface area (Å²) < 4.78 is 0. The molecule has 1 heterocycles. The van der Waals surface area contributed by atoms with Crippen molar-refractivity contribution in [1.82, 2.24) is 9.80 Å². The predicted molar refractivity (Wildman–Crippen MR) is 117 cm³/mol. The summed E-state index contributed by atoms with van der Waals surface area (Å²) in [7, 11) is 0. The molecule has 1 amide bonds. The van der Waals surface area contributed by atoms with Crippen LogP contribution in [0.15, 0.2) is 30.3 Å². The number of halogens is 2.